The normalized spacial score (nSPS) is 44.9. The Morgan fingerprint density at radius 3 is 2.21 bits per heavy atom. The van der Waals surface area contributed by atoms with E-state index in [1.807, 2.05) is 0 Å². The number of ether oxygens (including phenoxy) is 1. The van der Waals surface area contributed by atoms with Crippen molar-refractivity contribution in [3.8, 4) is 0 Å². The summed E-state index contributed by atoms with van der Waals surface area (Å²) in [6.45, 7) is 23.4. The first-order valence-corrected chi connectivity index (χ1v) is 14.3. The fourth-order valence-electron chi connectivity index (χ4n) is 10.4. The van der Waals surface area contributed by atoms with Gasteiger partial charge in [-0.15, -0.1) is 0 Å². The summed E-state index contributed by atoms with van der Waals surface area (Å²) < 4.78 is 5.89. The Kier molecular flexibility index (Phi) is 6.74. The van der Waals surface area contributed by atoms with Crippen LogP contribution in [0.15, 0.2) is 23.8 Å². The van der Waals surface area contributed by atoms with Crippen molar-refractivity contribution in [2.45, 2.75) is 126 Å². The van der Waals surface area contributed by atoms with Crippen molar-refractivity contribution in [2.75, 3.05) is 0 Å². The topological polar surface area (TPSA) is 26.3 Å². The van der Waals surface area contributed by atoms with Gasteiger partial charge in [0, 0.05) is 12.3 Å². The molecule has 0 aromatic rings. The predicted octanol–water partition coefficient (Wildman–Crippen LogP) is 8.91. The van der Waals surface area contributed by atoms with Crippen LogP contribution >= 0.6 is 0 Å². The molecule has 4 aliphatic carbocycles. The van der Waals surface area contributed by atoms with E-state index in [9.17, 15) is 4.79 Å². The van der Waals surface area contributed by atoms with Crippen LogP contribution in [0.25, 0.3) is 0 Å². The minimum Gasteiger partial charge on any atom is -0.462 e. The molecular weight excluding hydrogens is 416 g/mol. The average molecular weight is 469 g/mol. The van der Waals surface area contributed by atoms with Crippen LogP contribution in [-0.4, -0.2) is 12.1 Å². The Morgan fingerprint density at radius 1 is 0.882 bits per heavy atom. The lowest BCUT2D eigenvalue weighted by Crippen LogP contribution is -2.64. The van der Waals surface area contributed by atoms with E-state index in [0.717, 1.165) is 37.0 Å². The Hall–Kier alpha value is -1.05. The quantitative estimate of drug-likeness (QED) is 0.297. The summed E-state index contributed by atoms with van der Waals surface area (Å²) >= 11 is 0. The van der Waals surface area contributed by atoms with Crippen molar-refractivity contribution in [1.82, 2.24) is 0 Å². The van der Waals surface area contributed by atoms with E-state index in [1.54, 1.807) is 6.92 Å². The molecule has 0 spiro atoms. The molecule has 4 saturated carbocycles. The standard InChI is InChI=1S/C32H52O2/c1-21(2)11-10-12-22(3)24-15-19-31(8)25(24)13-14-27-30(7)18-17-28(34-23(4)33)29(5,6)26(30)16-20-32(27,31)9/h11,24-28H,3,10,12-20H2,1-2,4-9H3/t24?,25?,26?,27?,28-,30-,31-,32-/m0/s1. The van der Waals surface area contributed by atoms with Gasteiger partial charge in [0.1, 0.15) is 6.10 Å². The summed E-state index contributed by atoms with van der Waals surface area (Å²) in [6.07, 6.45) is 15.1. The Bertz CT molecular complexity index is 847. The van der Waals surface area contributed by atoms with Crippen molar-refractivity contribution < 1.29 is 9.53 Å². The van der Waals surface area contributed by atoms with Gasteiger partial charge in [-0.2, -0.15) is 0 Å². The summed E-state index contributed by atoms with van der Waals surface area (Å²) in [4.78, 5) is 11.8. The number of rotatable bonds is 5. The number of hydrogen-bond donors (Lipinski definition) is 0. The summed E-state index contributed by atoms with van der Waals surface area (Å²) in [5.74, 6) is 2.81. The van der Waals surface area contributed by atoms with Gasteiger partial charge in [0.15, 0.2) is 0 Å². The van der Waals surface area contributed by atoms with Crippen LogP contribution in [0.5, 0.6) is 0 Å². The van der Waals surface area contributed by atoms with Crippen LogP contribution in [0.4, 0.5) is 0 Å². The highest BCUT2D eigenvalue weighted by molar-refractivity contribution is 5.66. The number of carbonyl (C=O) groups excluding carboxylic acids is 1. The fourth-order valence-corrected chi connectivity index (χ4v) is 10.4. The zero-order chi connectivity index (χ0) is 25.1. The molecule has 0 bridgehead atoms. The first kappa shape index (κ1) is 26.0. The van der Waals surface area contributed by atoms with E-state index >= 15 is 0 Å². The van der Waals surface area contributed by atoms with Crippen molar-refractivity contribution in [1.29, 1.82) is 0 Å². The van der Waals surface area contributed by atoms with Gasteiger partial charge in [0.25, 0.3) is 0 Å². The van der Waals surface area contributed by atoms with Gasteiger partial charge in [-0.3, -0.25) is 4.79 Å². The van der Waals surface area contributed by atoms with Crippen molar-refractivity contribution in [3.05, 3.63) is 23.8 Å². The molecule has 34 heavy (non-hydrogen) atoms. The van der Waals surface area contributed by atoms with Crippen molar-refractivity contribution >= 4 is 5.97 Å². The third-order valence-electron chi connectivity index (χ3n) is 12.2. The number of carbonyl (C=O) groups is 1. The molecule has 2 nitrogen and oxygen atoms in total. The van der Waals surface area contributed by atoms with E-state index in [4.69, 9.17) is 4.74 Å². The van der Waals surface area contributed by atoms with Crippen LogP contribution in [-0.2, 0) is 9.53 Å². The van der Waals surface area contributed by atoms with Crippen LogP contribution in [0, 0.1) is 45.3 Å². The Morgan fingerprint density at radius 2 is 1.56 bits per heavy atom. The summed E-state index contributed by atoms with van der Waals surface area (Å²) in [5, 5.41) is 0. The molecule has 2 heteroatoms. The number of fused-ring (bicyclic) bond motifs is 5. The van der Waals surface area contributed by atoms with E-state index in [2.05, 4.69) is 61.1 Å². The van der Waals surface area contributed by atoms with Gasteiger partial charge in [0.05, 0.1) is 0 Å². The molecule has 0 heterocycles. The zero-order valence-electron chi connectivity index (χ0n) is 23.6. The second-order valence-corrected chi connectivity index (χ2v) is 14.3. The van der Waals surface area contributed by atoms with Crippen LogP contribution in [0.1, 0.15) is 120 Å². The summed E-state index contributed by atoms with van der Waals surface area (Å²) in [6, 6.07) is 0. The van der Waals surface area contributed by atoms with Gasteiger partial charge in [-0.1, -0.05) is 58.4 Å². The van der Waals surface area contributed by atoms with Crippen LogP contribution in [0.3, 0.4) is 0 Å². The minimum atomic E-state index is -0.114. The highest BCUT2D eigenvalue weighted by Gasteiger charge is 2.68. The Labute approximate surface area is 210 Å². The second-order valence-electron chi connectivity index (χ2n) is 14.3. The predicted molar refractivity (Wildman–Crippen MR) is 142 cm³/mol. The molecule has 0 aromatic carbocycles. The maximum atomic E-state index is 11.8. The third-order valence-corrected chi connectivity index (χ3v) is 12.2. The van der Waals surface area contributed by atoms with Crippen molar-refractivity contribution in [3.63, 3.8) is 0 Å². The summed E-state index contributed by atoms with van der Waals surface area (Å²) in [7, 11) is 0. The first-order chi connectivity index (χ1) is 15.8. The molecule has 4 rings (SSSR count). The minimum absolute atomic E-state index is 0.0508. The lowest BCUT2D eigenvalue weighted by Gasteiger charge is -2.70. The molecule has 0 aromatic heterocycles. The fraction of sp³-hybridized carbons (Fsp3) is 0.844. The first-order valence-electron chi connectivity index (χ1n) is 14.3. The Balaban J connectivity index is 1.57. The molecule has 192 valence electrons. The highest BCUT2D eigenvalue weighted by atomic mass is 16.5. The van der Waals surface area contributed by atoms with Crippen LogP contribution in [0.2, 0.25) is 0 Å². The summed E-state index contributed by atoms with van der Waals surface area (Å²) in [5.41, 5.74) is 4.17. The van der Waals surface area contributed by atoms with E-state index < -0.39 is 0 Å². The monoisotopic (exact) mass is 468 g/mol. The molecule has 4 unspecified atom stereocenters. The molecule has 0 amide bonds. The van der Waals surface area contributed by atoms with Crippen molar-refractivity contribution in [2.24, 2.45) is 45.3 Å². The largest absolute Gasteiger partial charge is 0.462 e. The van der Waals surface area contributed by atoms with E-state index in [-0.39, 0.29) is 17.5 Å². The van der Waals surface area contributed by atoms with Gasteiger partial charge < -0.3 is 4.74 Å². The van der Waals surface area contributed by atoms with E-state index in [1.165, 1.54) is 56.1 Å². The third kappa shape index (κ3) is 3.85. The van der Waals surface area contributed by atoms with Gasteiger partial charge in [0.2, 0.25) is 0 Å². The molecule has 0 radical (unpaired) electrons. The number of esters is 1. The van der Waals surface area contributed by atoms with Crippen LogP contribution < -0.4 is 0 Å². The zero-order valence-corrected chi connectivity index (χ0v) is 23.6. The van der Waals surface area contributed by atoms with Gasteiger partial charge >= 0.3 is 5.97 Å². The second kappa shape index (κ2) is 8.81. The number of allylic oxidation sites excluding steroid dienone is 3. The molecular formula is C32H52O2. The molecule has 0 aliphatic heterocycles. The van der Waals surface area contributed by atoms with Gasteiger partial charge in [-0.05, 0) is 118 Å². The van der Waals surface area contributed by atoms with E-state index in [0.29, 0.717) is 22.2 Å². The lowest BCUT2D eigenvalue weighted by molar-refractivity contribution is -0.226. The average Bonchev–Trinajstić information content (AvgIpc) is 3.08. The maximum Gasteiger partial charge on any atom is 0.302 e. The lowest BCUT2D eigenvalue weighted by atomic mass is 9.35. The SMILES string of the molecule is C=C(CCC=C(C)C)C1CC[C@@]2(C)C1CCC1[C@@]3(C)CC[C@H](OC(C)=O)C(C)(C)C3CC[C@@]12C. The highest BCUT2D eigenvalue weighted by Crippen LogP contribution is 2.75. The molecule has 0 N–H and O–H groups in total. The molecule has 4 fully saturated rings. The smallest absolute Gasteiger partial charge is 0.302 e. The number of hydrogen-bond acceptors (Lipinski definition) is 2. The van der Waals surface area contributed by atoms with Gasteiger partial charge in [-0.25, -0.2) is 0 Å². The molecule has 4 aliphatic rings. The molecule has 0 saturated heterocycles. The maximum absolute atomic E-state index is 11.8. The molecule has 8 atom stereocenters.